The van der Waals surface area contributed by atoms with Gasteiger partial charge < -0.3 is 11.5 Å². The van der Waals surface area contributed by atoms with Crippen molar-refractivity contribution in [3.8, 4) is 0 Å². The molecule has 0 spiro atoms. The summed E-state index contributed by atoms with van der Waals surface area (Å²) in [5.74, 6) is 0.286. The van der Waals surface area contributed by atoms with Gasteiger partial charge in [-0.05, 0) is 49.8 Å². The Kier molecular flexibility index (Phi) is 6.59. The van der Waals surface area contributed by atoms with Gasteiger partial charge in [0.25, 0.3) is 0 Å². The van der Waals surface area contributed by atoms with Gasteiger partial charge in [0.15, 0.2) is 0 Å². The molecule has 6 heteroatoms. The lowest BCUT2D eigenvalue weighted by atomic mass is 10.2. The fourth-order valence-corrected chi connectivity index (χ4v) is 2.05. The van der Waals surface area contributed by atoms with E-state index in [1.807, 2.05) is 31.2 Å². The van der Waals surface area contributed by atoms with Gasteiger partial charge in [-0.25, -0.2) is 4.99 Å². The van der Waals surface area contributed by atoms with Gasteiger partial charge in [-0.15, -0.1) is 0 Å². The third-order valence-electron chi connectivity index (χ3n) is 3.41. The van der Waals surface area contributed by atoms with E-state index >= 15 is 0 Å². The van der Waals surface area contributed by atoms with Crippen LogP contribution in [0.15, 0.2) is 58.7 Å². The molecule has 1 aromatic carbocycles. The molecule has 2 aromatic rings. The molecule has 0 saturated heterocycles. The summed E-state index contributed by atoms with van der Waals surface area (Å²) < 4.78 is 0. The molecular formula is C19H22N6. The summed E-state index contributed by atoms with van der Waals surface area (Å²) in [5, 5.41) is 7.88. The first kappa shape index (κ1) is 18.1. The number of nitrogen functional groups attached to an aromatic ring is 2. The molecule has 2 rings (SSSR count). The number of benzene rings is 1. The topological polar surface area (TPSA) is 114 Å². The van der Waals surface area contributed by atoms with E-state index in [0.717, 1.165) is 11.4 Å². The van der Waals surface area contributed by atoms with Gasteiger partial charge in [-0.3, -0.25) is 15.4 Å². The smallest absolute Gasteiger partial charge is 0.120 e. The number of hydrogen-bond donors (Lipinski definition) is 3. The monoisotopic (exact) mass is 334 g/mol. The van der Waals surface area contributed by atoms with Crippen LogP contribution in [-0.2, 0) is 0 Å². The van der Waals surface area contributed by atoms with Gasteiger partial charge in [-0.2, -0.15) is 0 Å². The Hall–Kier alpha value is -3.28. The number of rotatable bonds is 6. The van der Waals surface area contributed by atoms with Gasteiger partial charge in [0.2, 0.25) is 0 Å². The fraction of sp³-hybridized carbons (Fsp3) is 0.158. The molecule has 0 aliphatic rings. The molecule has 0 saturated carbocycles. The van der Waals surface area contributed by atoms with Crippen molar-refractivity contribution in [3.63, 3.8) is 0 Å². The van der Waals surface area contributed by atoms with Crippen LogP contribution in [0.5, 0.6) is 0 Å². The molecule has 1 aromatic heterocycles. The van der Waals surface area contributed by atoms with Crippen molar-refractivity contribution in [2.24, 2.45) is 9.98 Å². The minimum Gasteiger partial charge on any atom is -0.397 e. The van der Waals surface area contributed by atoms with E-state index < -0.39 is 0 Å². The van der Waals surface area contributed by atoms with E-state index in [2.05, 4.69) is 15.0 Å². The van der Waals surface area contributed by atoms with Crippen molar-refractivity contribution >= 4 is 40.9 Å². The van der Waals surface area contributed by atoms with Crippen molar-refractivity contribution in [1.82, 2.24) is 4.98 Å². The number of aliphatic imine (C=N–C) groups is 2. The van der Waals surface area contributed by atoms with Crippen LogP contribution in [0.25, 0.3) is 6.08 Å². The van der Waals surface area contributed by atoms with E-state index in [1.54, 1.807) is 36.7 Å². The molecule has 0 bridgehead atoms. The standard InChI is InChI=1S/C19H22N6/c1-14(25-18-8-3-2-6-16(18)21)10-11-19(22)24-13-5-9-17-15(20)7-4-12-23-17/h2-9,12-13,22H,10-11,20-21H2,1H3. The number of nitrogens with two attached hydrogens (primary N) is 2. The summed E-state index contributed by atoms with van der Waals surface area (Å²) in [7, 11) is 0. The second-order valence-corrected chi connectivity index (χ2v) is 5.47. The molecule has 25 heavy (non-hydrogen) atoms. The quantitative estimate of drug-likeness (QED) is 0.423. The van der Waals surface area contributed by atoms with Gasteiger partial charge in [-0.1, -0.05) is 12.1 Å². The number of para-hydroxylation sites is 2. The molecular weight excluding hydrogens is 312 g/mol. The number of amidine groups is 1. The second kappa shape index (κ2) is 9.12. The van der Waals surface area contributed by atoms with Gasteiger partial charge in [0.05, 0.1) is 22.8 Å². The molecule has 6 nitrogen and oxygen atoms in total. The Morgan fingerprint density at radius 2 is 1.88 bits per heavy atom. The normalized spacial score (nSPS) is 12.1. The molecule has 0 aliphatic carbocycles. The van der Waals surface area contributed by atoms with Crippen molar-refractivity contribution in [1.29, 1.82) is 5.41 Å². The number of hydrogen-bond acceptors (Lipinski definition) is 5. The first-order valence-electron chi connectivity index (χ1n) is 7.93. The van der Waals surface area contributed by atoms with Crippen molar-refractivity contribution in [3.05, 3.63) is 54.4 Å². The maximum atomic E-state index is 7.88. The Morgan fingerprint density at radius 3 is 2.64 bits per heavy atom. The number of pyridine rings is 1. The summed E-state index contributed by atoms with van der Waals surface area (Å²) in [5.41, 5.74) is 15.3. The predicted molar refractivity (Wildman–Crippen MR) is 107 cm³/mol. The second-order valence-electron chi connectivity index (χ2n) is 5.47. The molecule has 0 radical (unpaired) electrons. The van der Waals surface area contributed by atoms with Gasteiger partial charge in [0.1, 0.15) is 5.84 Å². The molecule has 0 aliphatic heterocycles. The maximum Gasteiger partial charge on any atom is 0.120 e. The highest BCUT2D eigenvalue weighted by molar-refractivity contribution is 5.95. The van der Waals surface area contributed by atoms with Crippen LogP contribution in [0.1, 0.15) is 25.5 Å². The molecule has 0 atom stereocenters. The summed E-state index contributed by atoms with van der Waals surface area (Å²) in [6.45, 7) is 1.92. The molecule has 0 unspecified atom stereocenters. The van der Waals surface area contributed by atoms with E-state index in [0.29, 0.717) is 29.9 Å². The highest BCUT2D eigenvalue weighted by Gasteiger charge is 1.99. The van der Waals surface area contributed by atoms with E-state index in [-0.39, 0.29) is 5.84 Å². The van der Waals surface area contributed by atoms with Crippen LogP contribution < -0.4 is 11.5 Å². The highest BCUT2D eigenvalue weighted by Crippen LogP contribution is 2.21. The van der Waals surface area contributed by atoms with E-state index in [4.69, 9.17) is 16.9 Å². The lowest BCUT2D eigenvalue weighted by Crippen LogP contribution is -1.98. The molecule has 5 N–H and O–H groups in total. The van der Waals surface area contributed by atoms with Crippen LogP contribution in [0.4, 0.5) is 17.1 Å². The number of nitrogens with zero attached hydrogens (tertiary/aromatic N) is 3. The summed E-state index contributed by atoms with van der Waals surface area (Å²) in [6, 6.07) is 11.0. The minimum atomic E-state index is 0.286. The lowest BCUT2D eigenvalue weighted by molar-refractivity contribution is 1.10. The third kappa shape index (κ3) is 6.02. The van der Waals surface area contributed by atoms with Crippen LogP contribution in [-0.4, -0.2) is 22.7 Å². The van der Waals surface area contributed by atoms with Gasteiger partial charge in [0, 0.05) is 24.5 Å². The Balaban J connectivity index is 1.84. The van der Waals surface area contributed by atoms with Crippen molar-refractivity contribution < 1.29 is 0 Å². The zero-order chi connectivity index (χ0) is 18.1. The van der Waals surface area contributed by atoms with Gasteiger partial charge >= 0.3 is 0 Å². The number of allylic oxidation sites excluding steroid dienone is 1. The Labute approximate surface area is 147 Å². The number of nitrogens with one attached hydrogen (secondary N) is 1. The zero-order valence-corrected chi connectivity index (χ0v) is 14.2. The summed E-state index contributed by atoms with van der Waals surface area (Å²) in [4.78, 5) is 12.7. The summed E-state index contributed by atoms with van der Waals surface area (Å²) >= 11 is 0. The predicted octanol–water partition coefficient (Wildman–Crippen LogP) is 3.88. The van der Waals surface area contributed by atoms with E-state index in [9.17, 15) is 0 Å². The van der Waals surface area contributed by atoms with Crippen molar-refractivity contribution in [2.75, 3.05) is 11.5 Å². The average Bonchev–Trinajstić information content (AvgIpc) is 2.60. The minimum absolute atomic E-state index is 0.286. The third-order valence-corrected chi connectivity index (χ3v) is 3.41. The van der Waals surface area contributed by atoms with Crippen LogP contribution >= 0.6 is 0 Å². The molecule has 128 valence electrons. The largest absolute Gasteiger partial charge is 0.397 e. The summed E-state index contributed by atoms with van der Waals surface area (Å²) in [6.07, 6.45) is 7.89. The van der Waals surface area contributed by atoms with Crippen LogP contribution in [0.2, 0.25) is 0 Å². The first-order chi connectivity index (χ1) is 12.1. The Bertz CT molecular complexity index is 820. The number of aromatic nitrogens is 1. The Morgan fingerprint density at radius 1 is 1.12 bits per heavy atom. The van der Waals surface area contributed by atoms with Crippen molar-refractivity contribution in [2.45, 2.75) is 19.8 Å². The molecule has 1 heterocycles. The average molecular weight is 334 g/mol. The molecule has 0 fully saturated rings. The highest BCUT2D eigenvalue weighted by atomic mass is 14.8. The lowest BCUT2D eigenvalue weighted by Gasteiger charge is -2.02. The van der Waals surface area contributed by atoms with Crippen LogP contribution in [0.3, 0.4) is 0 Å². The SMILES string of the molecule is CC(CCC(=N)N=CC=Cc1ncccc1N)=Nc1ccccc1N. The first-order valence-corrected chi connectivity index (χ1v) is 7.93. The molecule has 0 amide bonds. The van der Waals surface area contributed by atoms with E-state index in [1.165, 1.54) is 0 Å². The maximum absolute atomic E-state index is 7.88. The van der Waals surface area contributed by atoms with Crippen LogP contribution in [0, 0.1) is 5.41 Å². The fourth-order valence-electron chi connectivity index (χ4n) is 2.05. The number of anilines is 2. The zero-order valence-electron chi connectivity index (χ0n) is 14.2.